The normalized spacial score (nSPS) is 9.27. The molecule has 0 heterocycles. The molecule has 0 aliphatic heterocycles. The first kappa shape index (κ1) is 12.5. The highest BCUT2D eigenvalue weighted by Gasteiger charge is 1.98. The molecule has 0 aliphatic carbocycles. The van der Waals surface area contributed by atoms with Gasteiger partial charge in [-0.05, 0) is 20.8 Å². The van der Waals surface area contributed by atoms with Crippen molar-refractivity contribution in [3.05, 3.63) is 11.6 Å². The second-order valence-corrected chi connectivity index (χ2v) is 1.70. The van der Waals surface area contributed by atoms with Gasteiger partial charge in [0.2, 0.25) is 0 Å². The molecule has 0 radical (unpaired) electrons. The largest absolute Gasteiger partial charge is 0.466 e. The summed E-state index contributed by atoms with van der Waals surface area (Å²) in [6.07, 6.45) is 2.46. The van der Waals surface area contributed by atoms with Gasteiger partial charge in [-0.15, -0.1) is 0 Å². The first-order valence-electron chi connectivity index (χ1n) is 3.25. The molecule has 0 aromatic rings. The molecule has 0 N–H and O–H groups in total. The van der Waals surface area contributed by atoms with E-state index >= 15 is 0 Å². The van der Waals surface area contributed by atoms with Crippen molar-refractivity contribution >= 4 is 12.3 Å². The van der Waals surface area contributed by atoms with E-state index < -0.39 is 0 Å². The Balaban J connectivity index is 0. The average Bonchev–Trinajstić information content (AvgIpc) is 2.03. The minimum absolute atomic E-state index is 0.257. The molecule has 3 heteroatoms. The lowest BCUT2D eigenvalue weighted by Crippen LogP contribution is -2.00. The summed E-state index contributed by atoms with van der Waals surface area (Å²) in [6, 6.07) is 0. The van der Waals surface area contributed by atoms with E-state index in [1.165, 1.54) is 14.0 Å². The lowest BCUT2D eigenvalue weighted by Gasteiger charge is -1.93. The van der Waals surface area contributed by atoms with Crippen LogP contribution in [0.1, 0.15) is 20.8 Å². The predicted octanol–water partition coefficient (Wildman–Crippen LogP) is 1.33. The number of ether oxygens (including phenoxy) is 1. The second-order valence-electron chi connectivity index (χ2n) is 1.70. The zero-order valence-electron chi connectivity index (χ0n) is 7.38. The molecule has 0 unspecified atom stereocenters. The van der Waals surface area contributed by atoms with Crippen molar-refractivity contribution in [2.24, 2.45) is 0 Å². The lowest BCUT2D eigenvalue weighted by atomic mass is 10.3. The van der Waals surface area contributed by atoms with Crippen LogP contribution in [0.4, 0.5) is 0 Å². The summed E-state index contributed by atoms with van der Waals surface area (Å²) in [5, 5.41) is 0. The van der Waals surface area contributed by atoms with E-state index in [9.17, 15) is 4.79 Å². The molecule has 0 saturated heterocycles. The molecule has 0 saturated carbocycles. The van der Waals surface area contributed by atoms with Crippen LogP contribution in [0, 0.1) is 0 Å². The molecule has 0 amide bonds. The van der Waals surface area contributed by atoms with Gasteiger partial charge in [0.1, 0.15) is 6.29 Å². The first-order chi connectivity index (χ1) is 5.13. The zero-order valence-corrected chi connectivity index (χ0v) is 7.38. The average molecular weight is 158 g/mol. The molecule has 11 heavy (non-hydrogen) atoms. The van der Waals surface area contributed by atoms with Gasteiger partial charge < -0.3 is 9.53 Å². The molecule has 0 rings (SSSR count). The van der Waals surface area contributed by atoms with Gasteiger partial charge in [-0.1, -0.05) is 6.08 Å². The zero-order chi connectivity index (χ0) is 9.28. The number of esters is 1. The van der Waals surface area contributed by atoms with E-state index in [-0.39, 0.29) is 5.97 Å². The van der Waals surface area contributed by atoms with Gasteiger partial charge in [0.05, 0.1) is 7.11 Å². The maximum atomic E-state index is 10.5. The fourth-order valence-electron chi connectivity index (χ4n) is 0.279. The van der Waals surface area contributed by atoms with Gasteiger partial charge >= 0.3 is 5.97 Å². The predicted molar refractivity (Wildman–Crippen MR) is 43.2 cm³/mol. The van der Waals surface area contributed by atoms with Crippen LogP contribution < -0.4 is 0 Å². The summed E-state index contributed by atoms with van der Waals surface area (Å²) in [4.78, 5) is 19.3. The van der Waals surface area contributed by atoms with Crippen LogP contribution in [0.15, 0.2) is 11.6 Å². The SMILES string of the molecule is C/C=C(/C)C(=O)OC.CC=O. The Labute approximate surface area is 67.0 Å². The standard InChI is InChI=1S/C6H10O2.C2H4O/c1-4-5(2)6(7)8-3;1-2-3/h4H,1-3H3;2H,1H3/b5-4-;. The molecule has 0 aromatic heterocycles. The van der Waals surface area contributed by atoms with E-state index in [1.807, 2.05) is 0 Å². The van der Waals surface area contributed by atoms with Crippen molar-refractivity contribution in [2.45, 2.75) is 20.8 Å². The number of carbonyl (C=O) groups excluding carboxylic acids is 2. The monoisotopic (exact) mass is 158 g/mol. The Bertz CT molecular complexity index is 147. The van der Waals surface area contributed by atoms with Crippen molar-refractivity contribution < 1.29 is 14.3 Å². The Kier molecular flexibility index (Phi) is 10.1. The van der Waals surface area contributed by atoms with Crippen LogP contribution in [0.3, 0.4) is 0 Å². The van der Waals surface area contributed by atoms with E-state index in [0.29, 0.717) is 5.57 Å². The van der Waals surface area contributed by atoms with Gasteiger partial charge in [-0.25, -0.2) is 4.79 Å². The number of rotatable bonds is 1. The van der Waals surface area contributed by atoms with Crippen molar-refractivity contribution in [3.63, 3.8) is 0 Å². The van der Waals surface area contributed by atoms with Gasteiger partial charge in [0.15, 0.2) is 0 Å². The van der Waals surface area contributed by atoms with Crippen molar-refractivity contribution in [1.82, 2.24) is 0 Å². The summed E-state index contributed by atoms with van der Waals surface area (Å²) in [5.74, 6) is -0.257. The van der Waals surface area contributed by atoms with Crippen LogP contribution in [0.2, 0.25) is 0 Å². The number of carbonyl (C=O) groups is 2. The number of aldehydes is 1. The Morgan fingerprint density at radius 2 is 1.73 bits per heavy atom. The highest BCUT2D eigenvalue weighted by atomic mass is 16.5. The molecule has 0 aromatic carbocycles. The van der Waals surface area contributed by atoms with Gasteiger partial charge in [-0.2, -0.15) is 0 Å². The van der Waals surface area contributed by atoms with Crippen LogP contribution in [-0.2, 0) is 14.3 Å². The molecule has 0 spiro atoms. The highest BCUT2D eigenvalue weighted by molar-refractivity contribution is 5.87. The third-order valence-electron chi connectivity index (χ3n) is 0.940. The molecular formula is C8H14O3. The lowest BCUT2D eigenvalue weighted by molar-refractivity contribution is -0.136. The molecular weight excluding hydrogens is 144 g/mol. The third kappa shape index (κ3) is 8.88. The number of hydrogen-bond acceptors (Lipinski definition) is 3. The van der Waals surface area contributed by atoms with Crippen molar-refractivity contribution in [3.8, 4) is 0 Å². The molecule has 0 atom stereocenters. The topological polar surface area (TPSA) is 43.4 Å². The summed E-state index contributed by atoms with van der Waals surface area (Å²) >= 11 is 0. The minimum atomic E-state index is -0.257. The van der Waals surface area contributed by atoms with Crippen molar-refractivity contribution in [2.75, 3.05) is 7.11 Å². The smallest absolute Gasteiger partial charge is 0.333 e. The first-order valence-corrected chi connectivity index (χ1v) is 3.25. The second kappa shape index (κ2) is 8.88. The van der Waals surface area contributed by atoms with Crippen LogP contribution >= 0.6 is 0 Å². The van der Waals surface area contributed by atoms with Crippen LogP contribution in [0.5, 0.6) is 0 Å². The molecule has 0 bridgehead atoms. The van der Waals surface area contributed by atoms with Crippen LogP contribution in [0.25, 0.3) is 0 Å². The maximum absolute atomic E-state index is 10.5. The highest BCUT2D eigenvalue weighted by Crippen LogP contribution is 1.92. The maximum Gasteiger partial charge on any atom is 0.333 e. The van der Waals surface area contributed by atoms with E-state index in [1.54, 1.807) is 19.9 Å². The van der Waals surface area contributed by atoms with Gasteiger partial charge in [-0.3, -0.25) is 0 Å². The molecule has 0 aliphatic rings. The summed E-state index contributed by atoms with van der Waals surface area (Å²) in [6.45, 7) is 4.96. The third-order valence-corrected chi connectivity index (χ3v) is 0.940. The fourth-order valence-corrected chi connectivity index (χ4v) is 0.279. The number of methoxy groups -OCH3 is 1. The summed E-state index contributed by atoms with van der Waals surface area (Å²) in [5.41, 5.74) is 0.646. The minimum Gasteiger partial charge on any atom is -0.466 e. The fraction of sp³-hybridized carbons (Fsp3) is 0.500. The van der Waals surface area contributed by atoms with E-state index in [0.717, 1.165) is 6.29 Å². The van der Waals surface area contributed by atoms with E-state index in [4.69, 9.17) is 4.79 Å². The van der Waals surface area contributed by atoms with Crippen molar-refractivity contribution in [1.29, 1.82) is 0 Å². The number of hydrogen-bond donors (Lipinski definition) is 0. The number of allylic oxidation sites excluding steroid dienone is 1. The molecule has 0 fully saturated rings. The Morgan fingerprint density at radius 3 is 1.82 bits per heavy atom. The Morgan fingerprint density at radius 1 is 1.36 bits per heavy atom. The molecule has 64 valence electrons. The Hall–Kier alpha value is -1.12. The quantitative estimate of drug-likeness (QED) is 0.328. The van der Waals surface area contributed by atoms with Gasteiger partial charge in [0, 0.05) is 5.57 Å². The summed E-state index contributed by atoms with van der Waals surface area (Å²) < 4.78 is 4.40. The van der Waals surface area contributed by atoms with Gasteiger partial charge in [0.25, 0.3) is 0 Å². The van der Waals surface area contributed by atoms with E-state index in [2.05, 4.69) is 4.74 Å². The van der Waals surface area contributed by atoms with Crippen LogP contribution in [-0.4, -0.2) is 19.4 Å². The molecule has 3 nitrogen and oxygen atoms in total. The summed E-state index contributed by atoms with van der Waals surface area (Å²) in [7, 11) is 1.37.